The van der Waals surface area contributed by atoms with Crippen LogP contribution in [0, 0.1) is 11.3 Å². The normalized spacial score (nSPS) is 13.6. The van der Waals surface area contributed by atoms with E-state index in [2.05, 4.69) is 10.1 Å². The van der Waals surface area contributed by atoms with Gasteiger partial charge in [0.25, 0.3) is 5.91 Å². The second-order valence-corrected chi connectivity index (χ2v) is 4.81. The number of nitrogens with zero attached hydrogens (tertiary/aromatic N) is 1. The number of alkyl halides is 3. The van der Waals surface area contributed by atoms with Gasteiger partial charge < -0.3 is 15.2 Å². The molecule has 0 aliphatic heterocycles. The summed E-state index contributed by atoms with van der Waals surface area (Å²) in [5, 5.41) is 20.0. The number of hydrogen-bond donors (Lipinski definition) is 2. The van der Waals surface area contributed by atoms with Crippen molar-refractivity contribution in [2.24, 2.45) is 0 Å². The molecule has 1 aromatic rings. The summed E-state index contributed by atoms with van der Waals surface area (Å²) in [6.07, 6.45) is -4.78. The van der Waals surface area contributed by atoms with Crippen molar-refractivity contribution in [2.75, 3.05) is 11.9 Å². The zero-order chi connectivity index (χ0) is 17.8. The Kier molecular flexibility index (Phi) is 5.34. The molecule has 0 saturated heterocycles. The third-order valence-corrected chi connectivity index (χ3v) is 2.85. The molecule has 0 bridgehead atoms. The molecule has 124 valence electrons. The standard InChI is InChI=1S/C14H13F3N2O4/c1-8(21)23-13(2,7-20)12(22)19-10-4-3-9(6-18)11(5-10)14(15,16)17/h3-5,20H,7H2,1-2H3,(H,19,22). The Bertz CT molecular complexity index is 667. The van der Waals surface area contributed by atoms with E-state index in [0.29, 0.717) is 6.07 Å². The number of carbonyl (C=O) groups is 2. The number of amides is 1. The van der Waals surface area contributed by atoms with E-state index in [1.807, 2.05) is 0 Å². The molecule has 1 unspecified atom stereocenters. The molecule has 1 aromatic carbocycles. The van der Waals surface area contributed by atoms with Gasteiger partial charge in [0.05, 0.1) is 23.8 Å². The Morgan fingerprint density at radius 3 is 2.43 bits per heavy atom. The summed E-state index contributed by atoms with van der Waals surface area (Å²) in [4.78, 5) is 23.0. The summed E-state index contributed by atoms with van der Waals surface area (Å²) in [6.45, 7) is 1.27. The topological polar surface area (TPSA) is 99.4 Å². The monoisotopic (exact) mass is 330 g/mol. The van der Waals surface area contributed by atoms with Crippen molar-refractivity contribution in [1.29, 1.82) is 5.26 Å². The molecular weight excluding hydrogens is 317 g/mol. The van der Waals surface area contributed by atoms with Gasteiger partial charge in [-0.1, -0.05) is 0 Å². The summed E-state index contributed by atoms with van der Waals surface area (Å²) >= 11 is 0. The van der Waals surface area contributed by atoms with Crippen LogP contribution in [-0.2, 0) is 20.5 Å². The highest BCUT2D eigenvalue weighted by molar-refractivity contribution is 5.98. The maximum atomic E-state index is 12.9. The fourth-order valence-corrected chi connectivity index (χ4v) is 1.68. The number of anilines is 1. The first-order valence-corrected chi connectivity index (χ1v) is 6.26. The minimum Gasteiger partial charge on any atom is -0.447 e. The lowest BCUT2D eigenvalue weighted by molar-refractivity contribution is -0.166. The van der Waals surface area contributed by atoms with Crippen LogP contribution in [0.2, 0.25) is 0 Å². The number of benzene rings is 1. The average molecular weight is 330 g/mol. The zero-order valence-electron chi connectivity index (χ0n) is 12.2. The highest BCUT2D eigenvalue weighted by Crippen LogP contribution is 2.33. The summed E-state index contributed by atoms with van der Waals surface area (Å²) in [5.41, 5.74) is -4.01. The smallest absolute Gasteiger partial charge is 0.417 e. The Morgan fingerprint density at radius 1 is 1.39 bits per heavy atom. The van der Waals surface area contributed by atoms with E-state index in [1.54, 1.807) is 0 Å². The average Bonchev–Trinajstić information content (AvgIpc) is 2.45. The third kappa shape index (κ3) is 4.43. The second kappa shape index (κ2) is 6.66. The maximum Gasteiger partial charge on any atom is 0.417 e. The molecule has 23 heavy (non-hydrogen) atoms. The number of carbonyl (C=O) groups excluding carboxylic acids is 2. The lowest BCUT2D eigenvalue weighted by Gasteiger charge is -2.25. The highest BCUT2D eigenvalue weighted by Gasteiger charge is 2.37. The van der Waals surface area contributed by atoms with E-state index in [0.717, 1.165) is 26.0 Å². The van der Waals surface area contributed by atoms with Crippen LogP contribution in [0.25, 0.3) is 0 Å². The molecule has 0 fully saturated rings. The summed E-state index contributed by atoms with van der Waals surface area (Å²) in [6, 6.07) is 3.99. The van der Waals surface area contributed by atoms with Gasteiger partial charge >= 0.3 is 12.1 Å². The summed E-state index contributed by atoms with van der Waals surface area (Å²) in [5.74, 6) is -1.85. The van der Waals surface area contributed by atoms with Crippen LogP contribution < -0.4 is 5.32 Å². The Labute approximate surface area is 129 Å². The Morgan fingerprint density at radius 2 is 2.00 bits per heavy atom. The van der Waals surface area contributed by atoms with Crippen LogP contribution >= 0.6 is 0 Å². The molecule has 0 aliphatic rings. The van der Waals surface area contributed by atoms with Crippen molar-refractivity contribution in [1.82, 2.24) is 0 Å². The number of rotatable bonds is 4. The van der Waals surface area contributed by atoms with E-state index in [1.165, 1.54) is 6.07 Å². The number of hydrogen-bond acceptors (Lipinski definition) is 5. The van der Waals surface area contributed by atoms with Gasteiger partial charge in [-0.25, -0.2) is 0 Å². The number of nitrogens with one attached hydrogen (secondary N) is 1. The van der Waals surface area contributed by atoms with Gasteiger partial charge in [-0.05, 0) is 25.1 Å². The van der Waals surface area contributed by atoms with Crippen molar-refractivity contribution in [3.63, 3.8) is 0 Å². The van der Waals surface area contributed by atoms with E-state index in [9.17, 15) is 27.9 Å². The molecular formula is C14H13F3N2O4. The van der Waals surface area contributed by atoms with E-state index in [-0.39, 0.29) is 5.69 Å². The second-order valence-electron chi connectivity index (χ2n) is 4.81. The molecule has 0 saturated carbocycles. The SMILES string of the molecule is CC(=O)OC(C)(CO)C(=O)Nc1ccc(C#N)c(C(F)(F)F)c1. The van der Waals surface area contributed by atoms with Gasteiger partial charge in [0.1, 0.15) is 0 Å². The molecule has 1 amide bonds. The maximum absolute atomic E-state index is 12.9. The zero-order valence-corrected chi connectivity index (χ0v) is 12.2. The lowest BCUT2D eigenvalue weighted by atomic mass is 10.0. The number of esters is 1. The minimum atomic E-state index is -4.78. The van der Waals surface area contributed by atoms with Crippen molar-refractivity contribution in [2.45, 2.75) is 25.6 Å². The summed E-state index contributed by atoms with van der Waals surface area (Å²) < 4.78 is 43.2. The predicted molar refractivity (Wildman–Crippen MR) is 72.0 cm³/mol. The van der Waals surface area contributed by atoms with Crippen molar-refractivity contribution in [3.8, 4) is 6.07 Å². The minimum absolute atomic E-state index is 0.256. The van der Waals surface area contributed by atoms with Crippen LogP contribution in [0.15, 0.2) is 18.2 Å². The van der Waals surface area contributed by atoms with E-state index < -0.39 is 41.4 Å². The largest absolute Gasteiger partial charge is 0.447 e. The van der Waals surface area contributed by atoms with Gasteiger partial charge in [0.15, 0.2) is 0 Å². The Hall–Kier alpha value is -2.60. The van der Waals surface area contributed by atoms with Gasteiger partial charge in [-0.2, -0.15) is 18.4 Å². The van der Waals surface area contributed by atoms with Gasteiger partial charge in [-0.3, -0.25) is 9.59 Å². The number of aliphatic hydroxyl groups is 1. The molecule has 0 heterocycles. The molecule has 1 rings (SSSR count). The van der Waals surface area contributed by atoms with Crippen molar-refractivity contribution < 1.29 is 32.6 Å². The van der Waals surface area contributed by atoms with Gasteiger partial charge in [0, 0.05) is 12.6 Å². The molecule has 0 aliphatic carbocycles. The number of ether oxygens (including phenoxy) is 1. The molecule has 0 spiro atoms. The van der Waals surface area contributed by atoms with Crippen LogP contribution in [0.3, 0.4) is 0 Å². The highest BCUT2D eigenvalue weighted by atomic mass is 19.4. The van der Waals surface area contributed by atoms with E-state index in [4.69, 9.17) is 5.26 Å². The fraction of sp³-hybridized carbons (Fsp3) is 0.357. The first kappa shape index (κ1) is 18.4. The number of halogens is 3. The molecule has 9 heteroatoms. The van der Waals surface area contributed by atoms with Gasteiger partial charge in [-0.15, -0.1) is 0 Å². The first-order valence-electron chi connectivity index (χ1n) is 6.26. The molecule has 2 N–H and O–H groups in total. The van der Waals surface area contributed by atoms with Crippen LogP contribution in [-0.4, -0.2) is 29.2 Å². The molecule has 0 radical (unpaired) electrons. The van der Waals surface area contributed by atoms with Crippen molar-refractivity contribution >= 4 is 17.6 Å². The Balaban J connectivity index is 3.12. The summed E-state index contributed by atoms with van der Waals surface area (Å²) in [7, 11) is 0. The predicted octanol–water partition coefficient (Wildman–Crippen LogP) is 1.83. The van der Waals surface area contributed by atoms with E-state index >= 15 is 0 Å². The lowest BCUT2D eigenvalue weighted by Crippen LogP contribution is -2.47. The van der Waals surface area contributed by atoms with Crippen LogP contribution in [0.4, 0.5) is 18.9 Å². The third-order valence-electron chi connectivity index (χ3n) is 2.85. The van der Waals surface area contributed by atoms with Crippen LogP contribution in [0.5, 0.6) is 0 Å². The van der Waals surface area contributed by atoms with Crippen LogP contribution in [0.1, 0.15) is 25.0 Å². The first-order chi connectivity index (χ1) is 10.5. The number of aliphatic hydroxyl groups excluding tert-OH is 1. The molecule has 6 nitrogen and oxygen atoms in total. The quantitative estimate of drug-likeness (QED) is 0.821. The number of nitriles is 1. The van der Waals surface area contributed by atoms with Gasteiger partial charge in [0.2, 0.25) is 5.60 Å². The fourth-order valence-electron chi connectivity index (χ4n) is 1.68. The molecule has 1 atom stereocenters. The van der Waals surface area contributed by atoms with Crippen molar-refractivity contribution in [3.05, 3.63) is 29.3 Å². The molecule has 0 aromatic heterocycles.